The average Bonchev–Trinajstić information content (AvgIpc) is 3.16. The molecule has 0 unspecified atom stereocenters. The molecule has 0 heterocycles. The maximum atomic E-state index is 10.0. The van der Waals surface area contributed by atoms with Gasteiger partial charge in [-0.25, -0.2) is 0 Å². The van der Waals surface area contributed by atoms with Crippen LogP contribution >= 0.6 is 0 Å². The van der Waals surface area contributed by atoms with E-state index < -0.39 is 0 Å². The quantitative estimate of drug-likeness (QED) is 0.189. The Bertz CT molecular complexity index is 1250. The van der Waals surface area contributed by atoms with Gasteiger partial charge in [0.25, 0.3) is 0 Å². The van der Waals surface area contributed by atoms with Crippen LogP contribution in [-0.2, 0) is 32.5 Å². The van der Waals surface area contributed by atoms with Crippen LogP contribution < -0.4 is 0 Å². The van der Waals surface area contributed by atoms with Crippen LogP contribution in [0, 0.1) is 14.9 Å². The SMILES string of the molecule is CC1(C)c2ccccc2-c2c(O)cccc21.CC1(C)c2ccccc2-c2c(O)cccc21.[CH3-].[CH3-].[Ti+2]. The van der Waals surface area contributed by atoms with Crippen molar-refractivity contribution in [2.45, 2.75) is 38.5 Å². The van der Waals surface area contributed by atoms with Crippen molar-refractivity contribution in [1.82, 2.24) is 0 Å². The van der Waals surface area contributed by atoms with Crippen molar-refractivity contribution in [3.63, 3.8) is 0 Å². The Morgan fingerprint density at radius 3 is 1.14 bits per heavy atom. The van der Waals surface area contributed by atoms with Gasteiger partial charge in [-0.1, -0.05) is 100 Å². The van der Waals surface area contributed by atoms with E-state index in [1.807, 2.05) is 24.3 Å². The van der Waals surface area contributed by atoms with E-state index in [0.717, 1.165) is 11.1 Å². The predicted octanol–water partition coefficient (Wildman–Crippen LogP) is 8.30. The third kappa shape index (κ3) is 4.24. The van der Waals surface area contributed by atoms with Gasteiger partial charge in [0.15, 0.2) is 0 Å². The Morgan fingerprint density at radius 1 is 0.457 bits per heavy atom. The van der Waals surface area contributed by atoms with E-state index in [9.17, 15) is 10.2 Å². The molecule has 6 rings (SSSR count). The molecule has 0 spiro atoms. The molecule has 4 aromatic rings. The molecule has 2 nitrogen and oxygen atoms in total. The van der Waals surface area contributed by atoms with Gasteiger partial charge in [-0.05, 0) is 45.5 Å². The molecule has 0 atom stereocenters. The van der Waals surface area contributed by atoms with Crippen LogP contribution in [0.15, 0.2) is 84.9 Å². The molecule has 0 saturated carbocycles. The molecular formula is C32H34O2Ti. The van der Waals surface area contributed by atoms with Crippen LogP contribution in [0.2, 0.25) is 0 Å². The standard InChI is InChI=1S/2C15H14O.2CH3.Ti/c2*1-15(2)11-7-4-3-6-10(11)14-12(15)8-5-9-13(14)16;;;/h2*3-9,16H,1-2H3;2*1H3;/q;;2*-1;+2. The zero-order chi connectivity index (χ0) is 22.7. The number of hydrogen-bond donors (Lipinski definition) is 2. The van der Waals surface area contributed by atoms with Gasteiger partial charge in [0, 0.05) is 22.0 Å². The van der Waals surface area contributed by atoms with Crippen LogP contribution in [0.3, 0.4) is 0 Å². The van der Waals surface area contributed by atoms with E-state index in [4.69, 9.17) is 0 Å². The van der Waals surface area contributed by atoms with Gasteiger partial charge in [0.1, 0.15) is 11.5 Å². The fourth-order valence-corrected chi connectivity index (χ4v) is 5.47. The van der Waals surface area contributed by atoms with Crippen molar-refractivity contribution in [3.05, 3.63) is 122 Å². The fraction of sp³-hybridized carbons (Fsp3) is 0.188. The van der Waals surface area contributed by atoms with Crippen LogP contribution in [0.1, 0.15) is 49.9 Å². The number of rotatable bonds is 0. The first-order valence-corrected chi connectivity index (χ1v) is 11.1. The van der Waals surface area contributed by atoms with Crippen molar-refractivity contribution >= 4 is 0 Å². The molecule has 0 fully saturated rings. The molecular weight excluding hydrogens is 464 g/mol. The Hall–Kier alpha value is -2.81. The molecule has 178 valence electrons. The number of aromatic hydroxyl groups is 2. The zero-order valence-corrected chi connectivity index (χ0v) is 23.0. The Kier molecular flexibility index (Phi) is 8.16. The molecule has 0 amide bonds. The number of phenolic OH excluding ortho intramolecular Hbond substituents is 2. The number of fused-ring (bicyclic) bond motifs is 6. The molecule has 2 N–H and O–H groups in total. The van der Waals surface area contributed by atoms with Crippen LogP contribution in [0.5, 0.6) is 11.5 Å². The van der Waals surface area contributed by atoms with E-state index in [-0.39, 0.29) is 47.4 Å². The molecule has 0 saturated heterocycles. The molecule has 0 aliphatic heterocycles. The molecule has 3 heteroatoms. The zero-order valence-electron chi connectivity index (χ0n) is 21.5. The summed E-state index contributed by atoms with van der Waals surface area (Å²) in [6.07, 6.45) is 0. The van der Waals surface area contributed by atoms with Crippen molar-refractivity contribution < 1.29 is 31.9 Å². The van der Waals surface area contributed by atoms with E-state index in [1.165, 1.54) is 33.4 Å². The van der Waals surface area contributed by atoms with Crippen molar-refractivity contribution in [2.75, 3.05) is 0 Å². The Balaban J connectivity index is 0.000000227. The van der Waals surface area contributed by atoms with Gasteiger partial charge in [-0.15, -0.1) is 0 Å². The largest absolute Gasteiger partial charge is 2.00 e. The molecule has 0 bridgehead atoms. The first-order valence-electron chi connectivity index (χ1n) is 11.1. The minimum absolute atomic E-state index is 0. The van der Waals surface area contributed by atoms with Crippen LogP contribution in [-0.4, -0.2) is 10.2 Å². The van der Waals surface area contributed by atoms with Gasteiger partial charge in [-0.2, -0.15) is 0 Å². The smallest absolute Gasteiger partial charge is 0.507 e. The summed E-state index contributed by atoms with van der Waals surface area (Å²) in [5.41, 5.74) is 9.35. The van der Waals surface area contributed by atoms with Gasteiger partial charge in [0.05, 0.1) is 0 Å². The summed E-state index contributed by atoms with van der Waals surface area (Å²) in [5, 5.41) is 20.0. The third-order valence-corrected chi connectivity index (χ3v) is 7.17. The second-order valence-electron chi connectivity index (χ2n) is 9.74. The average molecular weight is 498 g/mol. The monoisotopic (exact) mass is 498 g/mol. The number of hydrogen-bond acceptors (Lipinski definition) is 2. The van der Waals surface area contributed by atoms with E-state index >= 15 is 0 Å². The summed E-state index contributed by atoms with van der Waals surface area (Å²) in [5.74, 6) is 0.769. The van der Waals surface area contributed by atoms with Gasteiger partial charge in [-0.3, -0.25) is 0 Å². The Morgan fingerprint density at radius 2 is 0.771 bits per heavy atom. The number of phenols is 2. The molecule has 4 aromatic carbocycles. The third-order valence-electron chi connectivity index (χ3n) is 7.17. The summed E-state index contributed by atoms with van der Waals surface area (Å²) in [6, 6.07) is 28.2. The van der Waals surface area contributed by atoms with E-state index in [0.29, 0.717) is 11.5 Å². The molecule has 0 aromatic heterocycles. The van der Waals surface area contributed by atoms with E-state index in [1.54, 1.807) is 12.1 Å². The summed E-state index contributed by atoms with van der Waals surface area (Å²) < 4.78 is 0. The summed E-state index contributed by atoms with van der Waals surface area (Å²) >= 11 is 0. The fourth-order valence-electron chi connectivity index (χ4n) is 5.47. The molecule has 35 heavy (non-hydrogen) atoms. The van der Waals surface area contributed by atoms with Crippen LogP contribution in [0.4, 0.5) is 0 Å². The predicted molar refractivity (Wildman–Crippen MR) is 144 cm³/mol. The summed E-state index contributed by atoms with van der Waals surface area (Å²) in [4.78, 5) is 0. The maximum absolute atomic E-state index is 10.0. The van der Waals surface area contributed by atoms with Crippen molar-refractivity contribution in [3.8, 4) is 33.8 Å². The van der Waals surface area contributed by atoms with Gasteiger partial charge < -0.3 is 25.1 Å². The number of benzene rings is 4. The van der Waals surface area contributed by atoms with Gasteiger partial charge in [0.2, 0.25) is 0 Å². The van der Waals surface area contributed by atoms with E-state index in [2.05, 4.69) is 76.2 Å². The molecule has 2 aliphatic carbocycles. The normalized spacial score (nSPS) is 14.3. The first kappa shape index (κ1) is 28.4. The van der Waals surface area contributed by atoms with Crippen LogP contribution in [0.25, 0.3) is 22.3 Å². The Labute approximate surface area is 225 Å². The second-order valence-corrected chi connectivity index (χ2v) is 9.74. The van der Waals surface area contributed by atoms with Crippen molar-refractivity contribution in [2.24, 2.45) is 0 Å². The minimum Gasteiger partial charge on any atom is -0.507 e. The minimum atomic E-state index is -0.00926. The summed E-state index contributed by atoms with van der Waals surface area (Å²) in [6.45, 7) is 8.82. The second kappa shape index (κ2) is 10.1. The maximum Gasteiger partial charge on any atom is 2.00 e. The summed E-state index contributed by atoms with van der Waals surface area (Å²) in [7, 11) is 0. The topological polar surface area (TPSA) is 40.5 Å². The molecule has 2 aliphatic rings. The van der Waals surface area contributed by atoms with Gasteiger partial charge >= 0.3 is 21.7 Å². The van der Waals surface area contributed by atoms with Crippen molar-refractivity contribution in [1.29, 1.82) is 0 Å². The molecule has 0 radical (unpaired) electrons. The first-order chi connectivity index (χ1) is 15.2.